The summed E-state index contributed by atoms with van der Waals surface area (Å²) in [5, 5.41) is 8.83. The van der Waals surface area contributed by atoms with Gasteiger partial charge in [-0.15, -0.1) is 0 Å². The number of nitrogens with zero attached hydrogens (tertiary/aromatic N) is 2. The predicted molar refractivity (Wildman–Crippen MR) is 73.9 cm³/mol. The van der Waals surface area contributed by atoms with Gasteiger partial charge in [-0.2, -0.15) is 5.26 Å². The molecule has 90 valence electrons. The minimum absolute atomic E-state index is 0.130. The van der Waals surface area contributed by atoms with Crippen LogP contribution in [-0.2, 0) is 0 Å². The molecule has 1 fully saturated rings. The molecule has 1 saturated heterocycles. The molecule has 1 unspecified atom stereocenters. The quantitative estimate of drug-likeness (QED) is 0.825. The average molecular weight is 293 g/mol. The smallest absolute Gasteiger partial charge is 0.0625 e. The minimum Gasteiger partial charge on any atom is -0.365 e. The summed E-state index contributed by atoms with van der Waals surface area (Å²) in [5.74, 6) is 0.488. The summed E-state index contributed by atoms with van der Waals surface area (Å²) >= 11 is 3.61. The fraction of sp³-hybridized carbons (Fsp3) is 0.500. The van der Waals surface area contributed by atoms with Gasteiger partial charge in [0.25, 0.3) is 0 Å². The van der Waals surface area contributed by atoms with E-state index in [9.17, 15) is 0 Å². The van der Waals surface area contributed by atoms with E-state index in [1.807, 2.05) is 6.07 Å². The van der Waals surface area contributed by atoms with Crippen LogP contribution in [-0.4, -0.2) is 12.1 Å². The van der Waals surface area contributed by atoms with Crippen molar-refractivity contribution in [3.05, 3.63) is 28.7 Å². The summed E-state index contributed by atoms with van der Waals surface area (Å²) in [4.78, 5) is 2.42. The monoisotopic (exact) mass is 292 g/mol. The lowest BCUT2D eigenvalue weighted by molar-refractivity contribution is 0.476. The van der Waals surface area contributed by atoms with Crippen LogP contribution in [0.15, 0.2) is 28.7 Å². The van der Waals surface area contributed by atoms with E-state index in [0.717, 1.165) is 17.4 Å². The van der Waals surface area contributed by atoms with Gasteiger partial charge in [0.05, 0.1) is 11.8 Å². The summed E-state index contributed by atoms with van der Waals surface area (Å²) in [6.07, 6.45) is 1.74. The first kappa shape index (κ1) is 12.4. The van der Waals surface area contributed by atoms with Crippen molar-refractivity contribution in [1.29, 1.82) is 5.26 Å². The fourth-order valence-electron chi connectivity index (χ4n) is 2.75. The highest BCUT2D eigenvalue weighted by Crippen LogP contribution is 2.40. The molecule has 2 nitrogen and oxygen atoms in total. The molecule has 2 rings (SSSR count). The molecule has 1 aliphatic heterocycles. The Labute approximate surface area is 111 Å². The van der Waals surface area contributed by atoms with Gasteiger partial charge in [-0.05, 0) is 54.2 Å². The van der Waals surface area contributed by atoms with Crippen molar-refractivity contribution in [2.75, 3.05) is 11.4 Å². The van der Waals surface area contributed by atoms with E-state index in [0.29, 0.717) is 12.3 Å². The predicted octanol–water partition coefficient (Wildman–Crippen LogP) is 3.97. The summed E-state index contributed by atoms with van der Waals surface area (Å²) in [7, 11) is 0. The van der Waals surface area contributed by atoms with Crippen LogP contribution in [0.3, 0.4) is 0 Å². The molecule has 0 N–H and O–H groups in total. The molecule has 0 spiro atoms. The van der Waals surface area contributed by atoms with Gasteiger partial charge in [0.15, 0.2) is 0 Å². The molecule has 1 aromatic rings. The van der Waals surface area contributed by atoms with Crippen molar-refractivity contribution in [3.8, 4) is 6.07 Å². The number of hydrogen-bond acceptors (Lipinski definition) is 2. The molecule has 0 saturated carbocycles. The van der Waals surface area contributed by atoms with Crippen LogP contribution in [0, 0.1) is 17.2 Å². The van der Waals surface area contributed by atoms with E-state index in [4.69, 9.17) is 5.26 Å². The van der Waals surface area contributed by atoms with Crippen LogP contribution in [0.4, 0.5) is 5.69 Å². The zero-order valence-electron chi connectivity index (χ0n) is 10.3. The van der Waals surface area contributed by atoms with Gasteiger partial charge in [-0.25, -0.2) is 0 Å². The Bertz CT molecular complexity index is 448. The van der Waals surface area contributed by atoms with Gasteiger partial charge in [0.1, 0.15) is 0 Å². The second kappa shape index (κ2) is 4.70. The number of benzene rings is 1. The lowest BCUT2D eigenvalue weighted by atomic mass is 9.95. The molecule has 0 radical (unpaired) electrons. The Morgan fingerprint density at radius 2 is 2.18 bits per heavy atom. The molecular weight excluding hydrogens is 276 g/mol. The van der Waals surface area contributed by atoms with Crippen LogP contribution >= 0.6 is 15.9 Å². The molecule has 0 amide bonds. The van der Waals surface area contributed by atoms with Crippen molar-refractivity contribution in [3.63, 3.8) is 0 Å². The third kappa shape index (κ3) is 2.47. The average Bonchev–Trinajstić information content (AvgIpc) is 2.55. The lowest BCUT2D eigenvalue weighted by Crippen LogP contribution is -2.38. The SMILES string of the molecule is CC1(C)CC(CC#N)CN1c1ccccc1Br. The first-order valence-corrected chi connectivity index (χ1v) is 6.73. The van der Waals surface area contributed by atoms with Crippen molar-refractivity contribution in [2.24, 2.45) is 5.92 Å². The Hall–Kier alpha value is -1.01. The summed E-state index contributed by atoms with van der Waals surface area (Å²) < 4.78 is 1.13. The molecule has 17 heavy (non-hydrogen) atoms. The molecular formula is C14H17BrN2. The van der Waals surface area contributed by atoms with Gasteiger partial charge in [-0.1, -0.05) is 12.1 Å². The van der Waals surface area contributed by atoms with Gasteiger partial charge < -0.3 is 4.90 Å². The standard InChI is InChI=1S/C14H17BrN2/c1-14(2)9-11(7-8-16)10-17(14)13-6-4-3-5-12(13)15/h3-6,11H,7,9-10H2,1-2H3. The van der Waals surface area contributed by atoms with Crippen LogP contribution in [0.25, 0.3) is 0 Å². The number of hydrogen-bond donors (Lipinski definition) is 0. The van der Waals surface area contributed by atoms with E-state index in [-0.39, 0.29) is 5.54 Å². The zero-order chi connectivity index (χ0) is 12.5. The molecule has 0 aromatic heterocycles. The summed E-state index contributed by atoms with van der Waals surface area (Å²) in [5.41, 5.74) is 1.36. The molecule has 1 aromatic carbocycles. The molecule has 0 bridgehead atoms. The largest absolute Gasteiger partial charge is 0.365 e. The topological polar surface area (TPSA) is 27.0 Å². The molecule has 1 aliphatic rings. The third-order valence-electron chi connectivity index (χ3n) is 3.48. The maximum absolute atomic E-state index is 8.83. The van der Waals surface area contributed by atoms with Crippen LogP contribution in [0.1, 0.15) is 26.7 Å². The van der Waals surface area contributed by atoms with E-state index >= 15 is 0 Å². The van der Waals surface area contributed by atoms with E-state index in [1.54, 1.807) is 0 Å². The van der Waals surface area contributed by atoms with Gasteiger partial charge >= 0.3 is 0 Å². The number of nitriles is 1. The Kier molecular flexibility index (Phi) is 3.44. The Morgan fingerprint density at radius 1 is 1.47 bits per heavy atom. The van der Waals surface area contributed by atoms with Crippen LogP contribution in [0.5, 0.6) is 0 Å². The molecule has 1 heterocycles. The Morgan fingerprint density at radius 3 is 2.82 bits per heavy atom. The number of rotatable bonds is 2. The van der Waals surface area contributed by atoms with E-state index in [1.165, 1.54) is 5.69 Å². The normalized spacial score (nSPS) is 22.5. The summed E-state index contributed by atoms with van der Waals surface area (Å²) in [6.45, 7) is 5.48. The van der Waals surface area contributed by atoms with E-state index in [2.05, 4.69) is 58.9 Å². The first-order valence-electron chi connectivity index (χ1n) is 5.94. The van der Waals surface area contributed by atoms with Gasteiger partial charge in [0, 0.05) is 23.0 Å². The number of para-hydroxylation sites is 1. The maximum Gasteiger partial charge on any atom is 0.0625 e. The molecule has 1 atom stereocenters. The fourth-order valence-corrected chi connectivity index (χ4v) is 3.25. The number of halogens is 1. The minimum atomic E-state index is 0.130. The third-order valence-corrected chi connectivity index (χ3v) is 4.15. The van der Waals surface area contributed by atoms with Crippen LogP contribution < -0.4 is 4.90 Å². The van der Waals surface area contributed by atoms with E-state index < -0.39 is 0 Å². The van der Waals surface area contributed by atoms with Crippen molar-refractivity contribution < 1.29 is 0 Å². The highest BCUT2D eigenvalue weighted by Gasteiger charge is 2.38. The lowest BCUT2D eigenvalue weighted by Gasteiger charge is -2.34. The van der Waals surface area contributed by atoms with Crippen molar-refractivity contribution in [2.45, 2.75) is 32.2 Å². The van der Waals surface area contributed by atoms with Crippen LogP contribution in [0.2, 0.25) is 0 Å². The zero-order valence-corrected chi connectivity index (χ0v) is 11.9. The van der Waals surface area contributed by atoms with Crippen molar-refractivity contribution >= 4 is 21.6 Å². The molecule has 3 heteroatoms. The Balaban J connectivity index is 2.28. The van der Waals surface area contributed by atoms with Crippen molar-refractivity contribution in [1.82, 2.24) is 0 Å². The molecule has 0 aliphatic carbocycles. The summed E-state index contributed by atoms with van der Waals surface area (Å²) in [6, 6.07) is 10.6. The second-order valence-corrected chi connectivity index (χ2v) is 6.16. The maximum atomic E-state index is 8.83. The second-order valence-electron chi connectivity index (χ2n) is 5.31. The first-order chi connectivity index (χ1) is 8.04. The van der Waals surface area contributed by atoms with Gasteiger partial charge in [-0.3, -0.25) is 0 Å². The highest BCUT2D eigenvalue weighted by molar-refractivity contribution is 9.10. The van der Waals surface area contributed by atoms with Gasteiger partial charge in [0.2, 0.25) is 0 Å². The number of anilines is 1. The highest BCUT2D eigenvalue weighted by atomic mass is 79.9.